The van der Waals surface area contributed by atoms with Crippen LogP contribution in [-0.4, -0.2) is 16.9 Å². The van der Waals surface area contributed by atoms with E-state index in [1.54, 1.807) is 0 Å². The zero-order valence-electron chi connectivity index (χ0n) is 14.1. The van der Waals surface area contributed by atoms with E-state index in [0.717, 1.165) is 46.3 Å². The SMILES string of the molecule is Cc1nc2ccccc2c2oc(C(=O)NC3CCC(C)CC3)cc12. The maximum atomic E-state index is 12.6. The van der Waals surface area contributed by atoms with E-state index in [0.29, 0.717) is 5.76 Å². The fourth-order valence-electron chi connectivity index (χ4n) is 3.64. The van der Waals surface area contributed by atoms with Crippen molar-refractivity contribution >= 4 is 27.8 Å². The first kappa shape index (κ1) is 15.2. The molecule has 124 valence electrons. The van der Waals surface area contributed by atoms with E-state index in [9.17, 15) is 4.79 Å². The van der Waals surface area contributed by atoms with E-state index in [1.165, 1.54) is 12.8 Å². The molecule has 3 aromatic rings. The highest BCUT2D eigenvalue weighted by Gasteiger charge is 2.22. The number of aromatic nitrogens is 1. The minimum absolute atomic E-state index is 0.116. The summed E-state index contributed by atoms with van der Waals surface area (Å²) >= 11 is 0. The highest BCUT2D eigenvalue weighted by molar-refractivity contribution is 6.06. The molecular weight excluding hydrogens is 300 g/mol. The van der Waals surface area contributed by atoms with Crippen LogP contribution < -0.4 is 5.32 Å². The van der Waals surface area contributed by atoms with Crippen LogP contribution in [0.1, 0.15) is 48.9 Å². The van der Waals surface area contributed by atoms with Gasteiger partial charge in [-0.3, -0.25) is 9.78 Å². The number of hydrogen-bond acceptors (Lipinski definition) is 3. The Kier molecular flexibility index (Phi) is 3.75. The van der Waals surface area contributed by atoms with Crippen LogP contribution in [0.25, 0.3) is 21.9 Å². The Hall–Kier alpha value is -2.36. The molecule has 1 aliphatic carbocycles. The topological polar surface area (TPSA) is 55.1 Å². The number of carbonyl (C=O) groups is 1. The van der Waals surface area contributed by atoms with Gasteiger partial charge in [-0.1, -0.05) is 19.1 Å². The Morgan fingerprint density at radius 2 is 1.92 bits per heavy atom. The number of hydrogen-bond donors (Lipinski definition) is 1. The number of aryl methyl sites for hydroxylation is 1. The number of furan rings is 1. The van der Waals surface area contributed by atoms with Gasteiger partial charge in [0, 0.05) is 22.5 Å². The van der Waals surface area contributed by atoms with Crippen molar-refractivity contribution in [2.45, 2.75) is 45.6 Å². The quantitative estimate of drug-likeness (QED) is 0.750. The molecule has 0 bridgehead atoms. The Labute approximate surface area is 141 Å². The third kappa shape index (κ3) is 2.66. The Morgan fingerprint density at radius 3 is 2.71 bits per heavy atom. The van der Waals surface area contributed by atoms with Crippen LogP contribution in [0.4, 0.5) is 0 Å². The molecule has 1 saturated carbocycles. The molecule has 0 atom stereocenters. The van der Waals surface area contributed by atoms with Gasteiger partial charge >= 0.3 is 0 Å². The van der Waals surface area contributed by atoms with Crippen LogP contribution in [0.15, 0.2) is 34.7 Å². The predicted octanol–water partition coefficient (Wildman–Crippen LogP) is 4.60. The van der Waals surface area contributed by atoms with Crippen molar-refractivity contribution in [2.75, 3.05) is 0 Å². The molecule has 1 aromatic carbocycles. The predicted molar refractivity (Wildman–Crippen MR) is 95.1 cm³/mol. The number of nitrogens with zero attached hydrogens (tertiary/aromatic N) is 1. The number of para-hydroxylation sites is 1. The molecule has 0 saturated heterocycles. The third-order valence-corrected chi connectivity index (χ3v) is 5.13. The smallest absolute Gasteiger partial charge is 0.287 e. The second-order valence-corrected chi connectivity index (χ2v) is 7.00. The summed E-state index contributed by atoms with van der Waals surface area (Å²) in [6.07, 6.45) is 4.46. The molecule has 4 rings (SSSR count). The zero-order chi connectivity index (χ0) is 16.7. The van der Waals surface area contributed by atoms with Gasteiger partial charge in [-0.05, 0) is 56.7 Å². The lowest BCUT2D eigenvalue weighted by Gasteiger charge is -2.26. The molecule has 0 radical (unpaired) electrons. The molecule has 2 aromatic heterocycles. The van der Waals surface area contributed by atoms with Gasteiger partial charge in [-0.2, -0.15) is 0 Å². The van der Waals surface area contributed by atoms with Gasteiger partial charge in [-0.25, -0.2) is 0 Å². The number of amides is 1. The zero-order valence-corrected chi connectivity index (χ0v) is 14.1. The molecule has 2 heterocycles. The Morgan fingerprint density at radius 1 is 1.17 bits per heavy atom. The molecule has 0 unspecified atom stereocenters. The average Bonchev–Trinajstić information content (AvgIpc) is 3.03. The summed E-state index contributed by atoms with van der Waals surface area (Å²) in [4.78, 5) is 17.2. The summed E-state index contributed by atoms with van der Waals surface area (Å²) < 4.78 is 5.93. The maximum Gasteiger partial charge on any atom is 0.287 e. The van der Waals surface area contributed by atoms with Gasteiger partial charge in [0.1, 0.15) is 5.58 Å². The first-order valence-electron chi connectivity index (χ1n) is 8.71. The summed E-state index contributed by atoms with van der Waals surface area (Å²) in [5.74, 6) is 1.03. The minimum atomic E-state index is -0.116. The normalized spacial score (nSPS) is 21.2. The van der Waals surface area contributed by atoms with Crippen LogP contribution in [0, 0.1) is 12.8 Å². The van der Waals surface area contributed by atoms with Crippen LogP contribution >= 0.6 is 0 Å². The third-order valence-electron chi connectivity index (χ3n) is 5.13. The van der Waals surface area contributed by atoms with Crippen LogP contribution in [0.2, 0.25) is 0 Å². The number of fused-ring (bicyclic) bond motifs is 3. The van der Waals surface area contributed by atoms with Crippen molar-refractivity contribution in [3.8, 4) is 0 Å². The lowest BCUT2D eigenvalue weighted by molar-refractivity contribution is 0.0897. The van der Waals surface area contributed by atoms with Crippen LogP contribution in [0.3, 0.4) is 0 Å². The highest BCUT2D eigenvalue weighted by Crippen LogP contribution is 2.29. The van der Waals surface area contributed by atoms with E-state index in [2.05, 4.69) is 17.2 Å². The number of carbonyl (C=O) groups excluding carboxylic acids is 1. The van der Waals surface area contributed by atoms with E-state index >= 15 is 0 Å². The summed E-state index contributed by atoms with van der Waals surface area (Å²) in [6.45, 7) is 4.23. The summed E-state index contributed by atoms with van der Waals surface area (Å²) in [7, 11) is 0. The van der Waals surface area contributed by atoms with Gasteiger partial charge < -0.3 is 9.73 Å². The molecule has 1 aliphatic rings. The van der Waals surface area contributed by atoms with Crippen molar-refractivity contribution in [1.82, 2.24) is 10.3 Å². The van der Waals surface area contributed by atoms with E-state index < -0.39 is 0 Å². The Balaban J connectivity index is 1.66. The summed E-state index contributed by atoms with van der Waals surface area (Å²) in [5, 5.41) is 4.99. The average molecular weight is 322 g/mol. The molecule has 1 N–H and O–H groups in total. The van der Waals surface area contributed by atoms with Crippen molar-refractivity contribution in [1.29, 1.82) is 0 Å². The molecule has 4 nitrogen and oxygen atoms in total. The maximum absolute atomic E-state index is 12.6. The summed E-state index contributed by atoms with van der Waals surface area (Å²) in [6, 6.07) is 9.96. The number of nitrogens with one attached hydrogen (secondary N) is 1. The van der Waals surface area contributed by atoms with E-state index in [4.69, 9.17) is 4.42 Å². The van der Waals surface area contributed by atoms with Gasteiger partial charge in [-0.15, -0.1) is 0 Å². The van der Waals surface area contributed by atoms with Crippen molar-refractivity contribution in [2.24, 2.45) is 5.92 Å². The molecule has 1 fully saturated rings. The summed E-state index contributed by atoms with van der Waals surface area (Å²) in [5.41, 5.74) is 2.53. The largest absolute Gasteiger partial charge is 0.450 e. The second-order valence-electron chi connectivity index (χ2n) is 7.00. The fraction of sp³-hybridized carbons (Fsp3) is 0.400. The minimum Gasteiger partial charge on any atom is -0.450 e. The van der Waals surface area contributed by atoms with Gasteiger partial charge in [0.2, 0.25) is 0 Å². The van der Waals surface area contributed by atoms with Gasteiger partial charge in [0.25, 0.3) is 5.91 Å². The van der Waals surface area contributed by atoms with Crippen molar-refractivity contribution in [3.63, 3.8) is 0 Å². The lowest BCUT2D eigenvalue weighted by Crippen LogP contribution is -2.37. The first-order chi connectivity index (χ1) is 11.6. The van der Waals surface area contributed by atoms with E-state index in [-0.39, 0.29) is 11.9 Å². The van der Waals surface area contributed by atoms with Crippen molar-refractivity contribution in [3.05, 3.63) is 41.8 Å². The fourth-order valence-corrected chi connectivity index (χ4v) is 3.64. The van der Waals surface area contributed by atoms with Crippen LogP contribution in [0.5, 0.6) is 0 Å². The molecule has 1 amide bonds. The Bertz CT molecular complexity index is 905. The highest BCUT2D eigenvalue weighted by atomic mass is 16.3. The van der Waals surface area contributed by atoms with Gasteiger partial charge in [0.15, 0.2) is 5.76 Å². The molecule has 24 heavy (non-hydrogen) atoms. The standard InChI is InChI=1S/C20H22N2O2/c1-12-7-9-14(10-8-12)22-20(23)18-11-16-13(2)21-17-6-4-3-5-15(17)19(16)24-18/h3-6,11-12,14H,7-10H2,1-2H3,(H,22,23). The van der Waals surface area contributed by atoms with Crippen LogP contribution in [-0.2, 0) is 0 Å². The van der Waals surface area contributed by atoms with E-state index in [1.807, 2.05) is 37.3 Å². The number of pyridine rings is 1. The first-order valence-corrected chi connectivity index (χ1v) is 8.71. The molecule has 4 heteroatoms. The number of benzene rings is 1. The molecular formula is C20H22N2O2. The lowest BCUT2D eigenvalue weighted by atomic mass is 9.87. The van der Waals surface area contributed by atoms with Crippen molar-refractivity contribution < 1.29 is 9.21 Å². The van der Waals surface area contributed by atoms with Gasteiger partial charge in [0.05, 0.1) is 5.52 Å². The second kappa shape index (κ2) is 5.93. The monoisotopic (exact) mass is 322 g/mol. The molecule has 0 spiro atoms. The molecule has 0 aliphatic heterocycles. The number of rotatable bonds is 2.